The van der Waals surface area contributed by atoms with Gasteiger partial charge in [0.25, 0.3) is 0 Å². The van der Waals surface area contributed by atoms with E-state index < -0.39 is 12.1 Å². The van der Waals surface area contributed by atoms with Gasteiger partial charge in [-0.15, -0.1) is 0 Å². The topological polar surface area (TPSA) is 95.9 Å². The number of phenolic OH excluding ortho intramolecular Hbond substituents is 1. The molecule has 1 rings (SSSR count). The van der Waals surface area contributed by atoms with E-state index in [4.69, 9.17) is 5.11 Å². The van der Waals surface area contributed by atoms with Gasteiger partial charge in [-0.3, -0.25) is 5.32 Å². The predicted octanol–water partition coefficient (Wildman–Crippen LogP) is 1.66. The van der Waals surface area contributed by atoms with Crippen LogP contribution in [0.4, 0.5) is 10.5 Å². The van der Waals surface area contributed by atoms with Crippen molar-refractivity contribution >= 4 is 17.7 Å². The number of benzene rings is 1. The fraction of sp³-hybridized carbons (Fsp3) is 0.200. The Bertz CT molecular complexity index is 416. The van der Waals surface area contributed by atoms with E-state index in [0.29, 0.717) is 0 Å². The van der Waals surface area contributed by atoms with E-state index in [9.17, 15) is 14.7 Å². The summed E-state index contributed by atoms with van der Waals surface area (Å²) < 4.78 is 4.59. The maximum atomic E-state index is 11.1. The average Bonchev–Trinajstić information content (AvgIpc) is 2.21. The van der Waals surface area contributed by atoms with Crippen LogP contribution in [0.3, 0.4) is 0 Å². The second-order valence-electron chi connectivity index (χ2n) is 2.88. The van der Waals surface area contributed by atoms with Gasteiger partial charge in [-0.25, -0.2) is 9.59 Å². The van der Waals surface area contributed by atoms with Gasteiger partial charge in [0.2, 0.25) is 0 Å². The summed E-state index contributed by atoms with van der Waals surface area (Å²) in [6.07, 6.45) is -0.750. The SMILES string of the molecule is CCOC(=O)Nc1cc(C(=O)O)ccc1O. The van der Waals surface area contributed by atoms with Gasteiger partial charge in [0.15, 0.2) is 0 Å². The van der Waals surface area contributed by atoms with Crippen molar-refractivity contribution in [3.63, 3.8) is 0 Å². The highest BCUT2D eigenvalue weighted by Crippen LogP contribution is 2.24. The quantitative estimate of drug-likeness (QED) is 0.680. The maximum absolute atomic E-state index is 11.1. The van der Waals surface area contributed by atoms with E-state index in [1.165, 1.54) is 12.1 Å². The number of aromatic carboxylic acids is 1. The summed E-state index contributed by atoms with van der Waals surface area (Å²) in [5, 5.41) is 20.3. The Morgan fingerprint density at radius 2 is 2.12 bits per heavy atom. The van der Waals surface area contributed by atoms with Gasteiger partial charge >= 0.3 is 12.1 Å². The molecule has 0 radical (unpaired) electrons. The van der Waals surface area contributed by atoms with Gasteiger partial charge in [-0.2, -0.15) is 0 Å². The highest BCUT2D eigenvalue weighted by molar-refractivity contribution is 5.92. The Morgan fingerprint density at radius 3 is 2.69 bits per heavy atom. The lowest BCUT2D eigenvalue weighted by Crippen LogP contribution is -2.13. The molecule has 0 saturated heterocycles. The van der Waals surface area contributed by atoms with Gasteiger partial charge in [0.05, 0.1) is 17.9 Å². The smallest absolute Gasteiger partial charge is 0.411 e. The zero-order chi connectivity index (χ0) is 12.1. The van der Waals surface area contributed by atoms with E-state index in [-0.39, 0.29) is 23.6 Å². The van der Waals surface area contributed by atoms with E-state index in [2.05, 4.69) is 10.1 Å². The summed E-state index contributed by atoms with van der Waals surface area (Å²) in [5.41, 5.74) is -0.0389. The van der Waals surface area contributed by atoms with Crippen LogP contribution in [0.5, 0.6) is 5.75 Å². The van der Waals surface area contributed by atoms with Crippen LogP contribution in [0.1, 0.15) is 17.3 Å². The van der Waals surface area contributed by atoms with Crippen LogP contribution in [0.25, 0.3) is 0 Å². The van der Waals surface area contributed by atoms with Crippen molar-refractivity contribution in [3.8, 4) is 5.75 Å². The predicted molar refractivity (Wildman–Crippen MR) is 55.7 cm³/mol. The second-order valence-corrected chi connectivity index (χ2v) is 2.88. The molecular weight excluding hydrogens is 214 g/mol. The first kappa shape index (κ1) is 11.8. The molecule has 1 amide bonds. The minimum atomic E-state index is -1.15. The number of aromatic hydroxyl groups is 1. The van der Waals surface area contributed by atoms with Crippen LogP contribution in [-0.2, 0) is 4.74 Å². The first-order valence-electron chi connectivity index (χ1n) is 4.54. The number of phenols is 1. The lowest BCUT2D eigenvalue weighted by atomic mass is 10.2. The molecule has 0 aliphatic rings. The number of ether oxygens (including phenoxy) is 1. The number of rotatable bonds is 3. The summed E-state index contributed by atoms with van der Waals surface area (Å²) in [6, 6.07) is 3.56. The number of amides is 1. The molecule has 0 saturated carbocycles. The molecule has 6 heteroatoms. The highest BCUT2D eigenvalue weighted by Gasteiger charge is 2.10. The highest BCUT2D eigenvalue weighted by atomic mass is 16.5. The van der Waals surface area contributed by atoms with E-state index in [0.717, 1.165) is 6.07 Å². The Labute approximate surface area is 91.5 Å². The van der Waals surface area contributed by atoms with Crippen molar-refractivity contribution in [2.45, 2.75) is 6.92 Å². The Kier molecular flexibility index (Phi) is 3.71. The minimum Gasteiger partial charge on any atom is -0.506 e. The van der Waals surface area contributed by atoms with Gasteiger partial charge in [0, 0.05) is 0 Å². The third-order valence-electron chi connectivity index (χ3n) is 1.76. The number of anilines is 1. The summed E-state index contributed by atoms with van der Waals surface area (Å²) in [6.45, 7) is 1.82. The fourth-order valence-corrected chi connectivity index (χ4v) is 1.05. The Hall–Kier alpha value is -2.24. The largest absolute Gasteiger partial charge is 0.506 e. The van der Waals surface area contributed by atoms with Crippen LogP contribution in [0.2, 0.25) is 0 Å². The number of hydrogen-bond donors (Lipinski definition) is 3. The van der Waals surface area contributed by atoms with Crippen molar-refractivity contribution in [1.82, 2.24) is 0 Å². The number of carboxylic acids is 1. The van der Waals surface area contributed by atoms with E-state index in [1.807, 2.05) is 0 Å². The maximum Gasteiger partial charge on any atom is 0.411 e. The number of carboxylic acid groups (broad SMARTS) is 1. The summed E-state index contributed by atoms with van der Waals surface area (Å²) in [4.78, 5) is 21.7. The molecule has 0 aliphatic heterocycles. The molecule has 0 aromatic heterocycles. The molecule has 3 N–H and O–H groups in total. The summed E-state index contributed by atoms with van der Waals surface area (Å²) >= 11 is 0. The molecule has 86 valence electrons. The Balaban J connectivity index is 2.90. The molecule has 16 heavy (non-hydrogen) atoms. The van der Waals surface area contributed by atoms with Crippen molar-refractivity contribution in [1.29, 1.82) is 0 Å². The lowest BCUT2D eigenvalue weighted by molar-refractivity contribution is 0.0697. The van der Waals surface area contributed by atoms with Gasteiger partial charge in [0.1, 0.15) is 5.75 Å². The third kappa shape index (κ3) is 2.88. The molecule has 0 fully saturated rings. The molecule has 0 atom stereocenters. The zero-order valence-corrected chi connectivity index (χ0v) is 8.56. The standard InChI is InChI=1S/C10H11NO5/c1-2-16-10(15)11-7-5-6(9(13)14)3-4-8(7)12/h3-5,12H,2H2,1H3,(H,11,15)(H,13,14). The summed E-state index contributed by atoms with van der Waals surface area (Å²) in [5.74, 6) is -1.37. The summed E-state index contributed by atoms with van der Waals surface area (Å²) in [7, 11) is 0. The first-order valence-corrected chi connectivity index (χ1v) is 4.54. The van der Waals surface area contributed by atoms with Crippen molar-refractivity contribution in [3.05, 3.63) is 23.8 Å². The third-order valence-corrected chi connectivity index (χ3v) is 1.76. The second kappa shape index (κ2) is 5.01. The van der Waals surface area contributed by atoms with Crippen molar-refractivity contribution < 1.29 is 24.5 Å². The minimum absolute atomic E-state index is 0.00153. The number of carbonyl (C=O) groups is 2. The number of carbonyl (C=O) groups excluding carboxylic acids is 1. The molecule has 0 unspecified atom stereocenters. The number of nitrogens with one attached hydrogen (secondary N) is 1. The van der Waals surface area contributed by atoms with Gasteiger partial charge in [-0.05, 0) is 25.1 Å². The monoisotopic (exact) mass is 225 g/mol. The molecule has 1 aromatic carbocycles. The van der Waals surface area contributed by atoms with Gasteiger partial charge in [-0.1, -0.05) is 0 Å². The van der Waals surface area contributed by atoms with Crippen LogP contribution in [0, 0.1) is 0 Å². The first-order chi connectivity index (χ1) is 7.54. The van der Waals surface area contributed by atoms with Crippen LogP contribution in [-0.4, -0.2) is 28.9 Å². The lowest BCUT2D eigenvalue weighted by Gasteiger charge is -2.07. The van der Waals surface area contributed by atoms with Crippen molar-refractivity contribution in [2.24, 2.45) is 0 Å². The van der Waals surface area contributed by atoms with E-state index in [1.54, 1.807) is 6.92 Å². The Morgan fingerprint density at radius 1 is 1.44 bits per heavy atom. The van der Waals surface area contributed by atoms with Crippen molar-refractivity contribution in [2.75, 3.05) is 11.9 Å². The molecule has 1 aromatic rings. The normalized spacial score (nSPS) is 9.56. The van der Waals surface area contributed by atoms with Gasteiger partial charge < -0.3 is 14.9 Å². The molecule has 0 bridgehead atoms. The van der Waals surface area contributed by atoms with Crippen LogP contribution in [0.15, 0.2) is 18.2 Å². The molecule has 0 heterocycles. The molecular formula is C10H11NO5. The average molecular weight is 225 g/mol. The van der Waals surface area contributed by atoms with Crippen LogP contribution < -0.4 is 5.32 Å². The zero-order valence-electron chi connectivity index (χ0n) is 8.56. The molecule has 0 aliphatic carbocycles. The fourth-order valence-electron chi connectivity index (χ4n) is 1.05. The molecule has 0 spiro atoms. The molecule has 6 nitrogen and oxygen atoms in total. The number of hydrogen-bond acceptors (Lipinski definition) is 4. The van der Waals surface area contributed by atoms with Crippen LogP contribution >= 0.6 is 0 Å². The van der Waals surface area contributed by atoms with E-state index >= 15 is 0 Å².